The van der Waals surface area contributed by atoms with Gasteiger partial charge in [0.15, 0.2) is 6.04 Å². The quantitative estimate of drug-likeness (QED) is 0.119. The zero-order chi connectivity index (χ0) is 34.1. The molecule has 4 rings (SSSR count). The highest BCUT2D eigenvalue weighted by atomic mass is 16.5. The van der Waals surface area contributed by atoms with Crippen LogP contribution in [0, 0.1) is 23.7 Å². The van der Waals surface area contributed by atoms with Crippen LogP contribution in [-0.2, 0) is 33.5 Å². The third-order valence-corrected chi connectivity index (χ3v) is 8.31. The van der Waals surface area contributed by atoms with Gasteiger partial charge < -0.3 is 36.4 Å². The van der Waals surface area contributed by atoms with Crippen LogP contribution >= 0.6 is 0 Å². The summed E-state index contributed by atoms with van der Waals surface area (Å²) in [6, 6.07) is 3.64. The standard InChI is InChI=1S/C33H45N5O9/c1-18(2)17-47-33(46)38-26(22-12-13-22)30(42)36-24(15-20-10-11-20)29(41)35-23(14-19-8-9-19)28(40)31(43)34-16-25(39)37-27(32(44)45)21-6-4-3-5-7-21/h3-7,18-20,22-24,26-27H,8-17H2,1-2H3,(H,34,43)(H,35,41)(H,36,42)(H,37,39)(H,38,46)(H,44,45)/t23?,24-,26-,27?/m0/s1. The molecule has 6 N–H and O–H groups in total. The zero-order valence-corrected chi connectivity index (χ0v) is 26.8. The van der Waals surface area contributed by atoms with E-state index in [0.717, 1.165) is 38.5 Å². The van der Waals surface area contributed by atoms with Gasteiger partial charge in [0.2, 0.25) is 23.5 Å². The van der Waals surface area contributed by atoms with Crippen molar-refractivity contribution in [1.82, 2.24) is 26.6 Å². The highest BCUT2D eigenvalue weighted by Crippen LogP contribution is 2.36. The second-order valence-corrected chi connectivity index (χ2v) is 13.2. The van der Waals surface area contributed by atoms with Crippen LogP contribution in [0.2, 0.25) is 0 Å². The summed E-state index contributed by atoms with van der Waals surface area (Å²) in [6.07, 6.45) is 4.82. The number of nitrogens with one attached hydrogen (secondary N) is 5. The van der Waals surface area contributed by atoms with Gasteiger partial charge in [-0.2, -0.15) is 0 Å². The predicted octanol–water partition coefficient (Wildman–Crippen LogP) is 1.34. The lowest BCUT2D eigenvalue weighted by atomic mass is 10.0. The van der Waals surface area contributed by atoms with Crippen molar-refractivity contribution >= 4 is 41.5 Å². The molecule has 14 nitrogen and oxygen atoms in total. The maximum atomic E-state index is 13.5. The lowest BCUT2D eigenvalue weighted by Gasteiger charge is -2.25. The number of alkyl carbamates (subject to hydrolysis) is 1. The van der Waals surface area contributed by atoms with Crippen LogP contribution < -0.4 is 26.6 Å². The predicted molar refractivity (Wildman–Crippen MR) is 167 cm³/mol. The van der Waals surface area contributed by atoms with Gasteiger partial charge in [0.25, 0.3) is 5.91 Å². The molecule has 47 heavy (non-hydrogen) atoms. The molecule has 2 unspecified atom stereocenters. The van der Waals surface area contributed by atoms with E-state index in [2.05, 4.69) is 26.6 Å². The summed E-state index contributed by atoms with van der Waals surface area (Å²) in [5.74, 6) is -4.88. The van der Waals surface area contributed by atoms with Gasteiger partial charge in [0, 0.05) is 0 Å². The van der Waals surface area contributed by atoms with Crippen LogP contribution in [0.4, 0.5) is 4.79 Å². The number of carboxylic acids is 1. The summed E-state index contributed by atoms with van der Waals surface area (Å²) < 4.78 is 5.18. The Bertz CT molecular complexity index is 1320. The van der Waals surface area contributed by atoms with Crippen molar-refractivity contribution in [2.75, 3.05) is 13.2 Å². The number of carbonyl (C=O) groups is 7. The van der Waals surface area contributed by atoms with Crippen LogP contribution in [0.25, 0.3) is 0 Å². The highest BCUT2D eigenvalue weighted by molar-refractivity contribution is 6.38. The third-order valence-electron chi connectivity index (χ3n) is 8.31. The molecule has 0 heterocycles. The monoisotopic (exact) mass is 655 g/mol. The van der Waals surface area contributed by atoms with Crippen LogP contribution in [-0.4, -0.2) is 77.9 Å². The summed E-state index contributed by atoms with van der Waals surface area (Å²) >= 11 is 0. The second-order valence-electron chi connectivity index (χ2n) is 13.2. The van der Waals surface area contributed by atoms with E-state index in [9.17, 15) is 38.7 Å². The molecule has 0 saturated heterocycles. The van der Waals surface area contributed by atoms with E-state index >= 15 is 0 Å². The second kappa shape index (κ2) is 16.4. The minimum absolute atomic E-state index is 0.0743. The minimum atomic E-state index is -1.35. The molecular weight excluding hydrogens is 610 g/mol. The number of Topliss-reactive ketones (excluding diaryl/α,β-unsaturated/α-hetero) is 1. The fourth-order valence-electron chi connectivity index (χ4n) is 5.16. The van der Waals surface area contributed by atoms with E-state index in [1.807, 2.05) is 13.8 Å². The zero-order valence-electron chi connectivity index (χ0n) is 26.8. The number of benzene rings is 1. The molecule has 0 spiro atoms. The Hall–Kier alpha value is -4.49. The number of carbonyl (C=O) groups excluding carboxylic acids is 6. The SMILES string of the molecule is CC(C)COC(=O)N[C@H](C(=O)N[C@@H](CC1CC1)C(=O)NC(CC1CC1)C(=O)C(=O)NCC(=O)NC(C(=O)O)c1ccccc1)C1CC1. The Labute approximate surface area is 273 Å². The molecule has 0 aliphatic heterocycles. The lowest BCUT2D eigenvalue weighted by molar-refractivity contribution is -0.142. The van der Waals surface area contributed by atoms with Crippen molar-refractivity contribution in [2.45, 2.75) is 89.4 Å². The maximum Gasteiger partial charge on any atom is 0.407 e. The van der Waals surface area contributed by atoms with Crippen LogP contribution in [0.5, 0.6) is 0 Å². The Kier molecular flexibility index (Phi) is 12.3. The molecule has 256 valence electrons. The van der Waals surface area contributed by atoms with E-state index in [1.54, 1.807) is 18.2 Å². The molecule has 0 bridgehead atoms. The molecule has 1 aromatic carbocycles. The van der Waals surface area contributed by atoms with Crippen molar-refractivity contribution in [1.29, 1.82) is 0 Å². The van der Waals surface area contributed by atoms with Crippen molar-refractivity contribution in [2.24, 2.45) is 23.7 Å². The van der Waals surface area contributed by atoms with Crippen molar-refractivity contribution in [3.63, 3.8) is 0 Å². The first-order valence-electron chi connectivity index (χ1n) is 16.3. The topological polar surface area (TPSA) is 209 Å². The molecule has 14 heteroatoms. The summed E-state index contributed by atoms with van der Waals surface area (Å²) in [7, 11) is 0. The number of hydrogen-bond donors (Lipinski definition) is 6. The first-order chi connectivity index (χ1) is 22.4. The van der Waals surface area contributed by atoms with Gasteiger partial charge in [0.05, 0.1) is 19.2 Å². The van der Waals surface area contributed by atoms with Gasteiger partial charge in [-0.05, 0) is 54.9 Å². The summed E-state index contributed by atoms with van der Waals surface area (Å²) in [4.78, 5) is 89.4. The van der Waals surface area contributed by atoms with E-state index in [1.165, 1.54) is 12.1 Å². The van der Waals surface area contributed by atoms with Crippen LogP contribution in [0.3, 0.4) is 0 Å². The van der Waals surface area contributed by atoms with Crippen molar-refractivity contribution in [3.05, 3.63) is 35.9 Å². The average molecular weight is 656 g/mol. The van der Waals surface area contributed by atoms with Gasteiger partial charge in [-0.15, -0.1) is 0 Å². The van der Waals surface area contributed by atoms with Gasteiger partial charge in [-0.1, -0.05) is 69.9 Å². The lowest BCUT2D eigenvalue weighted by Crippen LogP contribution is -2.57. The Morgan fingerprint density at radius 1 is 0.787 bits per heavy atom. The number of ketones is 1. The van der Waals surface area contributed by atoms with Gasteiger partial charge in [-0.3, -0.25) is 24.0 Å². The van der Waals surface area contributed by atoms with E-state index in [-0.39, 0.29) is 36.7 Å². The molecule has 3 aliphatic rings. The molecule has 3 fully saturated rings. The summed E-state index contributed by atoms with van der Waals surface area (Å²) in [6.45, 7) is 3.33. The van der Waals surface area contributed by atoms with Crippen molar-refractivity contribution < 1.29 is 43.4 Å². The average Bonchev–Trinajstić information content (AvgIpc) is 3.87. The molecule has 4 atom stereocenters. The van der Waals surface area contributed by atoms with Gasteiger partial charge in [0.1, 0.15) is 12.1 Å². The largest absolute Gasteiger partial charge is 0.479 e. The van der Waals surface area contributed by atoms with Crippen molar-refractivity contribution in [3.8, 4) is 0 Å². The van der Waals surface area contributed by atoms with E-state index in [0.29, 0.717) is 12.0 Å². The van der Waals surface area contributed by atoms with Gasteiger partial charge >= 0.3 is 12.1 Å². The fraction of sp³-hybridized carbons (Fsp3) is 0.606. The maximum absolute atomic E-state index is 13.5. The number of amides is 5. The molecule has 0 aromatic heterocycles. The molecule has 0 radical (unpaired) electrons. The number of aliphatic carboxylic acids is 1. The molecule has 1 aromatic rings. The van der Waals surface area contributed by atoms with E-state index < -0.39 is 72.2 Å². The summed E-state index contributed by atoms with van der Waals surface area (Å²) in [5.41, 5.74) is 0.334. The number of rotatable bonds is 19. The first-order valence-corrected chi connectivity index (χ1v) is 16.3. The van der Waals surface area contributed by atoms with Crippen LogP contribution in [0.15, 0.2) is 30.3 Å². The van der Waals surface area contributed by atoms with E-state index in [4.69, 9.17) is 4.74 Å². The number of carboxylic acid groups (broad SMARTS) is 1. The molecule has 5 amide bonds. The Morgan fingerprint density at radius 2 is 1.38 bits per heavy atom. The molecular formula is C33H45N5O9. The normalized spacial score (nSPS) is 18.1. The summed E-state index contributed by atoms with van der Waals surface area (Å²) in [5, 5.41) is 22.2. The smallest absolute Gasteiger partial charge is 0.407 e. The molecule has 3 saturated carbocycles. The van der Waals surface area contributed by atoms with Crippen LogP contribution in [0.1, 0.15) is 76.8 Å². The third kappa shape index (κ3) is 11.7. The number of ether oxygens (including phenoxy) is 1. The highest BCUT2D eigenvalue weighted by Gasteiger charge is 2.41. The first kappa shape index (κ1) is 35.4. The Balaban J connectivity index is 1.35. The Morgan fingerprint density at radius 3 is 1.94 bits per heavy atom. The molecule has 3 aliphatic carbocycles. The fourth-order valence-corrected chi connectivity index (χ4v) is 5.16. The number of hydrogen-bond acceptors (Lipinski definition) is 8. The minimum Gasteiger partial charge on any atom is -0.479 e. The van der Waals surface area contributed by atoms with Gasteiger partial charge in [-0.25, -0.2) is 9.59 Å².